The first-order valence-corrected chi connectivity index (χ1v) is 6.89. The molecule has 0 aliphatic heterocycles. The maximum Gasteiger partial charge on any atom is 0.135 e. The highest BCUT2D eigenvalue weighted by molar-refractivity contribution is 5.55. The summed E-state index contributed by atoms with van der Waals surface area (Å²) in [5.41, 5.74) is 6.86. The summed E-state index contributed by atoms with van der Waals surface area (Å²) < 4.78 is 5.24. The van der Waals surface area contributed by atoms with Crippen molar-refractivity contribution in [3.05, 3.63) is 11.4 Å². The van der Waals surface area contributed by atoms with Crippen molar-refractivity contribution in [3.8, 4) is 0 Å². The molecule has 0 aliphatic rings. The van der Waals surface area contributed by atoms with Gasteiger partial charge in [0.2, 0.25) is 0 Å². The number of ether oxygens (including phenoxy) is 1. The van der Waals surface area contributed by atoms with Crippen molar-refractivity contribution in [1.29, 1.82) is 0 Å². The largest absolute Gasteiger partial charge is 0.383 e. The third-order valence-corrected chi connectivity index (χ3v) is 3.06. The van der Waals surface area contributed by atoms with Crippen LogP contribution in [0.5, 0.6) is 0 Å². The molecule has 3 N–H and O–H groups in total. The van der Waals surface area contributed by atoms with Crippen molar-refractivity contribution in [2.75, 3.05) is 24.8 Å². The van der Waals surface area contributed by atoms with Gasteiger partial charge in [0, 0.05) is 18.6 Å². The molecule has 0 radical (unpaired) electrons. The van der Waals surface area contributed by atoms with Crippen LogP contribution >= 0.6 is 0 Å². The lowest BCUT2D eigenvalue weighted by atomic mass is 10.1. The van der Waals surface area contributed by atoms with E-state index in [-0.39, 0.29) is 12.0 Å². The lowest BCUT2D eigenvalue weighted by molar-refractivity contribution is 0.182. The molecule has 19 heavy (non-hydrogen) atoms. The van der Waals surface area contributed by atoms with Crippen molar-refractivity contribution >= 4 is 11.6 Å². The van der Waals surface area contributed by atoms with Crippen LogP contribution in [0.4, 0.5) is 11.6 Å². The Morgan fingerprint density at radius 1 is 1.32 bits per heavy atom. The first kappa shape index (κ1) is 15.7. The van der Waals surface area contributed by atoms with E-state index >= 15 is 0 Å². The SMILES string of the molecule is CCCC(COC)Nc1nc(C(C)C)nc(N)c1C. The first-order valence-electron chi connectivity index (χ1n) is 6.89. The highest BCUT2D eigenvalue weighted by Crippen LogP contribution is 2.22. The molecule has 0 saturated heterocycles. The summed E-state index contributed by atoms with van der Waals surface area (Å²) in [7, 11) is 1.71. The average molecular weight is 266 g/mol. The van der Waals surface area contributed by atoms with Crippen LogP contribution in [0.15, 0.2) is 0 Å². The molecule has 0 spiro atoms. The zero-order chi connectivity index (χ0) is 14.4. The zero-order valence-electron chi connectivity index (χ0n) is 12.7. The van der Waals surface area contributed by atoms with Gasteiger partial charge >= 0.3 is 0 Å². The minimum Gasteiger partial charge on any atom is -0.383 e. The summed E-state index contributed by atoms with van der Waals surface area (Å²) in [6.07, 6.45) is 2.13. The third kappa shape index (κ3) is 4.35. The second kappa shape index (κ2) is 7.28. The van der Waals surface area contributed by atoms with E-state index in [1.54, 1.807) is 7.11 Å². The molecular weight excluding hydrogens is 240 g/mol. The molecule has 1 rings (SSSR count). The topological polar surface area (TPSA) is 73.1 Å². The van der Waals surface area contributed by atoms with Crippen LogP contribution in [-0.4, -0.2) is 29.7 Å². The zero-order valence-corrected chi connectivity index (χ0v) is 12.7. The highest BCUT2D eigenvalue weighted by atomic mass is 16.5. The summed E-state index contributed by atoms with van der Waals surface area (Å²) in [4.78, 5) is 8.91. The van der Waals surface area contributed by atoms with Crippen LogP contribution in [0, 0.1) is 6.92 Å². The van der Waals surface area contributed by atoms with E-state index in [1.165, 1.54) is 0 Å². The number of nitrogens with one attached hydrogen (secondary N) is 1. The van der Waals surface area contributed by atoms with Gasteiger partial charge in [-0.25, -0.2) is 9.97 Å². The molecule has 1 atom stereocenters. The highest BCUT2D eigenvalue weighted by Gasteiger charge is 2.14. The Morgan fingerprint density at radius 2 is 2.00 bits per heavy atom. The monoisotopic (exact) mass is 266 g/mol. The predicted molar refractivity (Wildman–Crippen MR) is 79.5 cm³/mol. The Kier molecular flexibility index (Phi) is 6.02. The predicted octanol–water partition coefficient (Wildman–Crippen LogP) is 2.72. The summed E-state index contributed by atoms with van der Waals surface area (Å²) in [5, 5.41) is 3.43. The molecule has 1 unspecified atom stereocenters. The summed E-state index contributed by atoms with van der Waals surface area (Å²) in [6.45, 7) is 8.88. The molecule has 0 saturated carbocycles. The fourth-order valence-corrected chi connectivity index (χ4v) is 1.89. The maximum atomic E-state index is 5.96. The van der Waals surface area contributed by atoms with Gasteiger partial charge in [0.1, 0.15) is 17.5 Å². The Hall–Kier alpha value is -1.36. The minimum absolute atomic E-state index is 0.253. The van der Waals surface area contributed by atoms with Gasteiger partial charge in [-0.05, 0) is 13.3 Å². The van der Waals surface area contributed by atoms with Crippen LogP contribution in [-0.2, 0) is 4.74 Å². The molecule has 1 aromatic heterocycles. The second-order valence-electron chi connectivity index (χ2n) is 5.18. The fraction of sp³-hybridized carbons (Fsp3) is 0.714. The van der Waals surface area contributed by atoms with E-state index in [0.717, 1.165) is 30.0 Å². The number of rotatable bonds is 7. The maximum absolute atomic E-state index is 5.96. The van der Waals surface area contributed by atoms with Crippen molar-refractivity contribution in [1.82, 2.24) is 9.97 Å². The second-order valence-corrected chi connectivity index (χ2v) is 5.18. The Labute approximate surface area is 116 Å². The van der Waals surface area contributed by atoms with Gasteiger partial charge in [0.15, 0.2) is 0 Å². The molecule has 1 heterocycles. The third-order valence-electron chi connectivity index (χ3n) is 3.06. The number of anilines is 2. The standard InChI is InChI=1S/C14H26N4O/c1-6-7-11(8-19-5)16-14-10(4)12(15)17-13(18-14)9(2)3/h9,11H,6-8H2,1-5H3,(H3,15,16,17,18). The van der Waals surface area contributed by atoms with Crippen molar-refractivity contribution < 1.29 is 4.74 Å². The summed E-state index contributed by atoms with van der Waals surface area (Å²) >= 11 is 0. The number of nitrogens with two attached hydrogens (primary N) is 1. The Morgan fingerprint density at radius 3 is 2.53 bits per heavy atom. The van der Waals surface area contributed by atoms with Gasteiger partial charge in [-0.3, -0.25) is 0 Å². The van der Waals surface area contributed by atoms with Crippen LogP contribution in [0.25, 0.3) is 0 Å². The van der Waals surface area contributed by atoms with Crippen molar-refractivity contribution in [2.45, 2.75) is 52.5 Å². The number of hydrogen-bond donors (Lipinski definition) is 2. The van der Waals surface area contributed by atoms with E-state index in [2.05, 4.69) is 36.1 Å². The van der Waals surface area contributed by atoms with Gasteiger partial charge < -0.3 is 15.8 Å². The normalized spacial score (nSPS) is 12.7. The van der Waals surface area contributed by atoms with Gasteiger partial charge in [0.05, 0.1) is 12.6 Å². The van der Waals surface area contributed by atoms with Gasteiger partial charge in [0.25, 0.3) is 0 Å². The average Bonchev–Trinajstić information content (AvgIpc) is 2.35. The molecule has 0 aliphatic carbocycles. The lowest BCUT2D eigenvalue weighted by Crippen LogP contribution is -2.26. The first-order chi connectivity index (χ1) is 8.99. The van der Waals surface area contributed by atoms with Gasteiger partial charge in [-0.15, -0.1) is 0 Å². The molecule has 1 aromatic rings. The molecule has 5 heteroatoms. The summed E-state index contributed by atoms with van der Waals surface area (Å²) in [6, 6.07) is 0.253. The van der Waals surface area contributed by atoms with E-state index in [4.69, 9.17) is 10.5 Å². The quantitative estimate of drug-likeness (QED) is 0.794. The number of nitrogens with zero attached hydrogens (tertiary/aromatic N) is 2. The van der Waals surface area contributed by atoms with Gasteiger partial charge in [-0.1, -0.05) is 27.2 Å². The molecule has 0 amide bonds. The van der Waals surface area contributed by atoms with Crippen LogP contribution < -0.4 is 11.1 Å². The van der Waals surface area contributed by atoms with Crippen LogP contribution in [0.3, 0.4) is 0 Å². The van der Waals surface area contributed by atoms with Crippen molar-refractivity contribution in [2.24, 2.45) is 0 Å². The fourth-order valence-electron chi connectivity index (χ4n) is 1.89. The molecule has 0 fully saturated rings. The van der Waals surface area contributed by atoms with Crippen LogP contribution in [0.1, 0.15) is 50.9 Å². The van der Waals surface area contributed by atoms with Crippen molar-refractivity contribution in [3.63, 3.8) is 0 Å². The van der Waals surface area contributed by atoms with E-state index in [1.807, 2.05) is 6.92 Å². The van der Waals surface area contributed by atoms with E-state index in [9.17, 15) is 0 Å². The number of aromatic nitrogens is 2. The summed E-state index contributed by atoms with van der Waals surface area (Å²) in [5.74, 6) is 2.41. The molecule has 5 nitrogen and oxygen atoms in total. The number of methoxy groups -OCH3 is 1. The minimum atomic E-state index is 0.253. The van der Waals surface area contributed by atoms with E-state index in [0.29, 0.717) is 12.4 Å². The van der Waals surface area contributed by atoms with Crippen LogP contribution in [0.2, 0.25) is 0 Å². The number of hydrogen-bond acceptors (Lipinski definition) is 5. The Bertz CT molecular complexity index is 401. The lowest BCUT2D eigenvalue weighted by Gasteiger charge is -2.20. The molecule has 0 aromatic carbocycles. The number of nitrogen functional groups attached to an aromatic ring is 1. The van der Waals surface area contributed by atoms with Gasteiger partial charge in [-0.2, -0.15) is 0 Å². The molecule has 108 valence electrons. The Balaban J connectivity index is 2.97. The molecular formula is C14H26N4O. The van der Waals surface area contributed by atoms with E-state index < -0.39 is 0 Å². The molecule has 0 bridgehead atoms. The smallest absolute Gasteiger partial charge is 0.135 e.